The molecule has 0 aliphatic heterocycles. The summed E-state index contributed by atoms with van der Waals surface area (Å²) in [5.74, 6) is -0.277. The van der Waals surface area contributed by atoms with Gasteiger partial charge in [0.05, 0.1) is 11.4 Å². The predicted molar refractivity (Wildman–Crippen MR) is 65.5 cm³/mol. The van der Waals surface area contributed by atoms with Gasteiger partial charge in [-0.15, -0.1) is 0 Å². The highest BCUT2D eigenvalue weighted by atomic mass is 16.5. The van der Waals surface area contributed by atoms with Crippen molar-refractivity contribution in [2.75, 3.05) is 0 Å². The number of aryl methyl sites for hydroxylation is 2. The monoisotopic (exact) mass is 262 g/mol. The molecule has 7 heteroatoms. The molecule has 0 aromatic carbocycles. The third-order valence-electron chi connectivity index (χ3n) is 2.80. The largest absolute Gasteiger partial charge is 0.478 e. The van der Waals surface area contributed by atoms with Gasteiger partial charge in [0, 0.05) is 24.8 Å². The van der Waals surface area contributed by atoms with Crippen molar-refractivity contribution < 1.29 is 14.4 Å². The molecule has 0 saturated heterocycles. The van der Waals surface area contributed by atoms with E-state index < -0.39 is 5.97 Å². The van der Waals surface area contributed by atoms with Crippen LogP contribution in [0.1, 0.15) is 33.1 Å². The van der Waals surface area contributed by atoms with Crippen LogP contribution in [-0.2, 0) is 13.1 Å². The van der Waals surface area contributed by atoms with Crippen LogP contribution in [0.15, 0.2) is 17.0 Å². The van der Waals surface area contributed by atoms with Crippen LogP contribution in [0.3, 0.4) is 0 Å². The number of hydrogen-bond donors (Lipinski definition) is 2. The van der Waals surface area contributed by atoms with Crippen molar-refractivity contribution in [3.8, 4) is 0 Å². The Bertz CT molecular complexity index is 575. The van der Waals surface area contributed by atoms with E-state index in [1.807, 2.05) is 13.8 Å². The van der Waals surface area contributed by atoms with Gasteiger partial charge in [0.1, 0.15) is 17.7 Å². The molecular weight excluding hydrogens is 248 g/mol. The molecule has 7 nitrogen and oxygen atoms in total. The first-order chi connectivity index (χ1) is 9.09. The quantitative estimate of drug-likeness (QED) is 0.830. The van der Waals surface area contributed by atoms with E-state index in [1.54, 1.807) is 0 Å². The fourth-order valence-corrected chi connectivity index (χ4v) is 1.73. The highest BCUT2D eigenvalue weighted by Crippen LogP contribution is 2.12. The second kappa shape index (κ2) is 5.57. The molecular formula is C12H14N4O3. The maximum atomic E-state index is 11.0. The van der Waals surface area contributed by atoms with Crippen LogP contribution in [0.25, 0.3) is 0 Å². The molecule has 2 heterocycles. The lowest BCUT2D eigenvalue weighted by Crippen LogP contribution is -2.17. The third-order valence-corrected chi connectivity index (χ3v) is 2.80. The molecule has 0 unspecified atom stereocenters. The van der Waals surface area contributed by atoms with E-state index in [9.17, 15) is 4.79 Å². The molecule has 2 aromatic rings. The molecule has 0 spiro atoms. The Hall–Kier alpha value is -2.28. The first-order valence-corrected chi connectivity index (χ1v) is 5.74. The molecule has 2 N–H and O–H groups in total. The summed E-state index contributed by atoms with van der Waals surface area (Å²) in [4.78, 5) is 18.7. The molecule has 0 bridgehead atoms. The third kappa shape index (κ3) is 2.94. The van der Waals surface area contributed by atoms with Gasteiger partial charge in [-0.3, -0.25) is 0 Å². The Balaban J connectivity index is 2.02. The highest BCUT2D eigenvalue weighted by Gasteiger charge is 2.12. The second-order valence-electron chi connectivity index (χ2n) is 4.09. The van der Waals surface area contributed by atoms with Crippen LogP contribution < -0.4 is 5.32 Å². The summed E-state index contributed by atoms with van der Waals surface area (Å²) in [5, 5.41) is 16.0. The van der Waals surface area contributed by atoms with Gasteiger partial charge in [0.15, 0.2) is 0 Å². The number of nitrogens with zero attached hydrogens (tertiary/aromatic N) is 3. The van der Waals surface area contributed by atoms with E-state index >= 15 is 0 Å². The summed E-state index contributed by atoms with van der Waals surface area (Å²) in [5.41, 5.74) is 2.36. The van der Waals surface area contributed by atoms with Gasteiger partial charge in [-0.2, -0.15) is 0 Å². The summed E-state index contributed by atoms with van der Waals surface area (Å²) in [6, 6.07) is 0. The van der Waals surface area contributed by atoms with E-state index in [-0.39, 0.29) is 5.56 Å². The Morgan fingerprint density at radius 3 is 2.84 bits per heavy atom. The van der Waals surface area contributed by atoms with Crippen molar-refractivity contribution in [3.05, 3.63) is 40.8 Å². The Morgan fingerprint density at radius 1 is 1.42 bits per heavy atom. The lowest BCUT2D eigenvalue weighted by atomic mass is 10.2. The number of carboxylic acids is 1. The lowest BCUT2D eigenvalue weighted by Gasteiger charge is -2.06. The van der Waals surface area contributed by atoms with E-state index in [0.29, 0.717) is 18.8 Å². The zero-order valence-corrected chi connectivity index (χ0v) is 10.7. The van der Waals surface area contributed by atoms with E-state index in [0.717, 1.165) is 17.0 Å². The minimum absolute atomic E-state index is 0.105. The molecule has 2 aromatic heterocycles. The SMILES string of the molecule is Cc1noc(C)c1CNCc1ncncc1C(=O)O. The van der Waals surface area contributed by atoms with Crippen molar-refractivity contribution in [1.82, 2.24) is 20.4 Å². The van der Waals surface area contributed by atoms with E-state index in [4.69, 9.17) is 9.63 Å². The molecule has 0 radical (unpaired) electrons. The van der Waals surface area contributed by atoms with Crippen LogP contribution in [0.5, 0.6) is 0 Å². The maximum Gasteiger partial charge on any atom is 0.339 e. The number of carboxylic acid groups (broad SMARTS) is 1. The van der Waals surface area contributed by atoms with Gasteiger partial charge < -0.3 is 14.9 Å². The van der Waals surface area contributed by atoms with Gasteiger partial charge in [0.2, 0.25) is 0 Å². The Kier molecular flexibility index (Phi) is 3.86. The highest BCUT2D eigenvalue weighted by molar-refractivity contribution is 5.88. The standard InChI is InChI=1S/C12H14N4O3/c1-7-9(8(2)19-16-7)3-13-5-11-10(12(17)18)4-14-6-15-11/h4,6,13H,3,5H2,1-2H3,(H,17,18). The summed E-state index contributed by atoms with van der Waals surface area (Å²) in [7, 11) is 0. The zero-order valence-electron chi connectivity index (χ0n) is 10.7. The van der Waals surface area contributed by atoms with Crippen LogP contribution in [0.4, 0.5) is 0 Å². The van der Waals surface area contributed by atoms with Gasteiger partial charge in [-0.1, -0.05) is 5.16 Å². The van der Waals surface area contributed by atoms with Gasteiger partial charge in [0.25, 0.3) is 0 Å². The zero-order chi connectivity index (χ0) is 13.8. The summed E-state index contributed by atoms with van der Waals surface area (Å²) >= 11 is 0. The number of aromatic carboxylic acids is 1. The first-order valence-electron chi connectivity index (χ1n) is 5.74. The van der Waals surface area contributed by atoms with Crippen molar-refractivity contribution in [2.24, 2.45) is 0 Å². The van der Waals surface area contributed by atoms with Crippen molar-refractivity contribution in [3.63, 3.8) is 0 Å². The van der Waals surface area contributed by atoms with Crippen molar-refractivity contribution >= 4 is 5.97 Å². The average molecular weight is 262 g/mol. The van der Waals surface area contributed by atoms with Crippen LogP contribution in [-0.4, -0.2) is 26.2 Å². The lowest BCUT2D eigenvalue weighted by molar-refractivity contribution is 0.0694. The molecule has 0 atom stereocenters. The first kappa shape index (κ1) is 13.2. The number of carbonyl (C=O) groups is 1. The Labute approximate surface area is 109 Å². The summed E-state index contributed by atoms with van der Waals surface area (Å²) < 4.78 is 5.05. The Morgan fingerprint density at radius 2 is 2.21 bits per heavy atom. The molecule has 0 amide bonds. The minimum atomic E-state index is -1.03. The smallest absolute Gasteiger partial charge is 0.339 e. The molecule has 0 aliphatic carbocycles. The molecule has 0 saturated carbocycles. The van der Waals surface area contributed by atoms with Crippen molar-refractivity contribution in [1.29, 1.82) is 0 Å². The average Bonchev–Trinajstić information content (AvgIpc) is 2.70. The fraction of sp³-hybridized carbons (Fsp3) is 0.333. The van der Waals surface area contributed by atoms with Crippen LogP contribution in [0, 0.1) is 13.8 Å². The normalized spacial score (nSPS) is 10.6. The summed E-state index contributed by atoms with van der Waals surface area (Å²) in [6.07, 6.45) is 2.63. The van der Waals surface area contributed by atoms with E-state index in [1.165, 1.54) is 12.5 Å². The fourth-order valence-electron chi connectivity index (χ4n) is 1.73. The van der Waals surface area contributed by atoms with E-state index in [2.05, 4.69) is 20.4 Å². The second-order valence-corrected chi connectivity index (χ2v) is 4.09. The van der Waals surface area contributed by atoms with Gasteiger partial charge in [-0.05, 0) is 13.8 Å². The molecule has 2 rings (SSSR count). The van der Waals surface area contributed by atoms with Crippen molar-refractivity contribution in [2.45, 2.75) is 26.9 Å². The van der Waals surface area contributed by atoms with Gasteiger partial charge in [-0.25, -0.2) is 14.8 Å². The molecule has 100 valence electrons. The predicted octanol–water partition coefficient (Wildman–Crippen LogP) is 1.07. The number of rotatable bonds is 5. The van der Waals surface area contributed by atoms with Crippen LogP contribution >= 0.6 is 0 Å². The molecule has 0 fully saturated rings. The molecule has 19 heavy (non-hydrogen) atoms. The minimum Gasteiger partial charge on any atom is -0.478 e. The van der Waals surface area contributed by atoms with Crippen LogP contribution in [0.2, 0.25) is 0 Å². The maximum absolute atomic E-state index is 11.0. The number of aromatic nitrogens is 3. The number of hydrogen-bond acceptors (Lipinski definition) is 6. The topological polar surface area (TPSA) is 101 Å². The summed E-state index contributed by atoms with van der Waals surface area (Å²) in [6.45, 7) is 4.59. The van der Waals surface area contributed by atoms with Gasteiger partial charge >= 0.3 is 5.97 Å². The molecule has 0 aliphatic rings. The number of nitrogens with one attached hydrogen (secondary N) is 1.